The van der Waals surface area contributed by atoms with Crippen molar-refractivity contribution in [1.29, 1.82) is 0 Å². The fourth-order valence-electron chi connectivity index (χ4n) is 2.31. The lowest BCUT2D eigenvalue weighted by Crippen LogP contribution is -2.08. The van der Waals surface area contributed by atoms with Crippen LogP contribution in [0.3, 0.4) is 0 Å². The number of ether oxygens (including phenoxy) is 1. The molecule has 0 saturated heterocycles. The summed E-state index contributed by atoms with van der Waals surface area (Å²) in [4.78, 5) is 13.2. The lowest BCUT2D eigenvalue weighted by molar-refractivity contribution is 0.301. The Labute approximate surface area is 141 Å². The van der Waals surface area contributed by atoms with E-state index in [-0.39, 0.29) is 0 Å². The van der Waals surface area contributed by atoms with Gasteiger partial charge in [-0.2, -0.15) is 0 Å². The lowest BCUT2D eigenvalue weighted by Gasteiger charge is -2.11. The monoisotopic (exact) mass is 323 g/mol. The minimum atomic E-state index is 0.362. The zero-order valence-electron chi connectivity index (χ0n) is 13.8. The number of anilines is 1. The number of aromatic nitrogens is 4. The van der Waals surface area contributed by atoms with Gasteiger partial charge in [-0.25, -0.2) is 15.0 Å². The van der Waals surface area contributed by atoms with Crippen LogP contribution in [0.15, 0.2) is 43.4 Å². The first kappa shape index (κ1) is 16.0. The van der Waals surface area contributed by atoms with E-state index in [0.717, 1.165) is 30.7 Å². The molecule has 0 aliphatic rings. The van der Waals surface area contributed by atoms with Crippen LogP contribution in [0.4, 0.5) is 5.82 Å². The SMILES string of the molecule is C=Cc1ncc(OCc2cn3ccccc3n2)c(NCCCC)n1. The lowest BCUT2D eigenvalue weighted by atomic mass is 10.3. The van der Waals surface area contributed by atoms with Crippen molar-refractivity contribution in [2.45, 2.75) is 26.4 Å². The van der Waals surface area contributed by atoms with Crippen LogP contribution in [-0.4, -0.2) is 25.9 Å². The minimum absolute atomic E-state index is 0.362. The van der Waals surface area contributed by atoms with Gasteiger partial charge < -0.3 is 14.5 Å². The van der Waals surface area contributed by atoms with Crippen molar-refractivity contribution in [3.8, 4) is 5.75 Å². The molecule has 0 aliphatic carbocycles. The van der Waals surface area contributed by atoms with Crippen LogP contribution in [0.2, 0.25) is 0 Å². The molecular weight excluding hydrogens is 302 g/mol. The van der Waals surface area contributed by atoms with E-state index in [0.29, 0.717) is 24.0 Å². The number of rotatable bonds is 8. The summed E-state index contributed by atoms with van der Waals surface area (Å²) in [7, 11) is 0. The summed E-state index contributed by atoms with van der Waals surface area (Å²) in [6, 6.07) is 5.89. The number of nitrogens with one attached hydrogen (secondary N) is 1. The highest BCUT2D eigenvalue weighted by Crippen LogP contribution is 2.22. The van der Waals surface area contributed by atoms with Crippen LogP contribution in [-0.2, 0) is 6.61 Å². The first-order chi connectivity index (χ1) is 11.8. The van der Waals surface area contributed by atoms with Gasteiger partial charge in [0.1, 0.15) is 12.3 Å². The first-order valence-electron chi connectivity index (χ1n) is 8.09. The second-order valence-electron chi connectivity index (χ2n) is 5.41. The Hall–Kier alpha value is -2.89. The highest BCUT2D eigenvalue weighted by atomic mass is 16.5. The smallest absolute Gasteiger partial charge is 0.180 e. The van der Waals surface area contributed by atoms with Crippen molar-refractivity contribution < 1.29 is 4.74 Å². The van der Waals surface area contributed by atoms with E-state index in [4.69, 9.17) is 4.74 Å². The van der Waals surface area contributed by atoms with Gasteiger partial charge in [-0.3, -0.25) is 0 Å². The van der Waals surface area contributed by atoms with Crippen molar-refractivity contribution in [2.24, 2.45) is 0 Å². The van der Waals surface area contributed by atoms with Crippen LogP contribution in [0, 0.1) is 0 Å². The second-order valence-corrected chi connectivity index (χ2v) is 5.41. The Balaban J connectivity index is 1.74. The van der Waals surface area contributed by atoms with Crippen LogP contribution < -0.4 is 10.1 Å². The Morgan fingerprint density at radius 1 is 1.33 bits per heavy atom. The van der Waals surface area contributed by atoms with E-state index in [2.05, 4.69) is 33.8 Å². The molecule has 1 N–H and O–H groups in total. The van der Waals surface area contributed by atoms with E-state index in [1.165, 1.54) is 0 Å². The molecule has 3 rings (SSSR count). The number of nitrogens with zero attached hydrogens (tertiary/aromatic N) is 4. The number of hydrogen-bond donors (Lipinski definition) is 1. The number of unbranched alkanes of at least 4 members (excludes halogenated alkanes) is 1. The normalized spacial score (nSPS) is 10.7. The Bertz CT molecular complexity index is 794. The zero-order chi connectivity index (χ0) is 16.8. The van der Waals surface area contributed by atoms with Gasteiger partial charge in [0, 0.05) is 18.9 Å². The van der Waals surface area contributed by atoms with Crippen molar-refractivity contribution in [2.75, 3.05) is 11.9 Å². The zero-order valence-corrected chi connectivity index (χ0v) is 13.8. The molecule has 3 heterocycles. The first-order valence-corrected chi connectivity index (χ1v) is 8.09. The average Bonchev–Trinajstić information content (AvgIpc) is 3.03. The topological polar surface area (TPSA) is 64.3 Å². The minimum Gasteiger partial charge on any atom is -0.482 e. The standard InChI is InChI=1S/C18H21N5O/c1-3-5-9-19-18-15(11-20-16(4-2)22-18)24-13-14-12-23-10-7-6-8-17(23)21-14/h4,6-8,10-12H,2-3,5,9,13H2,1H3,(H,19,20,22). The van der Waals surface area contributed by atoms with Gasteiger partial charge in [-0.15, -0.1) is 0 Å². The maximum atomic E-state index is 5.89. The third kappa shape index (κ3) is 3.71. The van der Waals surface area contributed by atoms with E-state index in [1.807, 2.05) is 35.0 Å². The molecule has 0 fully saturated rings. The number of imidazole rings is 1. The van der Waals surface area contributed by atoms with Gasteiger partial charge in [-0.1, -0.05) is 26.0 Å². The quantitative estimate of drug-likeness (QED) is 0.642. The van der Waals surface area contributed by atoms with Gasteiger partial charge >= 0.3 is 0 Å². The molecule has 0 spiro atoms. The molecule has 0 atom stereocenters. The largest absolute Gasteiger partial charge is 0.482 e. The molecule has 0 unspecified atom stereocenters. The Morgan fingerprint density at radius 3 is 3.04 bits per heavy atom. The summed E-state index contributed by atoms with van der Waals surface area (Å²) in [5.41, 5.74) is 1.75. The van der Waals surface area contributed by atoms with Crippen molar-refractivity contribution in [1.82, 2.24) is 19.4 Å². The second kappa shape index (κ2) is 7.59. The fourth-order valence-corrected chi connectivity index (χ4v) is 2.31. The molecule has 6 nitrogen and oxygen atoms in total. The van der Waals surface area contributed by atoms with Gasteiger partial charge in [0.05, 0.1) is 11.9 Å². The summed E-state index contributed by atoms with van der Waals surface area (Å²) >= 11 is 0. The van der Waals surface area contributed by atoms with Crippen LogP contribution in [0.25, 0.3) is 11.7 Å². The maximum absolute atomic E-state index is 5.89. The van der Waals surface area contributed by atoms with Crippen molar-refractivity contribution in [3.05, 3.63) is 54.9 Å². The van der Waals surface area contributed by atoms with E-state index in [1.54, 1.807) is 12.3 Å². The molecule has 3 aromatic heterocycles. The average molecular weight is 323 g/mol. The molecule has 24 heavy (non-hydrogen) atoms. The van der Waals surface area contributed by atoms with Crippen molar-refractivity contribution >= 4 is 17.5 Å². The highest BCUT2D eigenvalue weighted by Gasteiger charge is 2.09. The number of pyridine rings is 1. The number of hydrogen-bond acceptors (Lipinski definition) is 5. The molecule has 0 aliphatic heterocycles. The highest BCUT2D eigenvalue weighted by molar-refractivity contribution is 5.52. The molecule has 0 bridgehead atoms. The van der Waals surface area contributed by atoms with E-state index < -0.39 is 0 Å². The van der Waals surface area contributed by atoms with Gasteiger partial charge in [0.25, 0.3) is 0 Å². The van der Waals surface area contributed by atoms with Crippen LogP contribution in [0.1, 0.15) is 31.3 Å². The summed E-state index contributed by atoms with van der Waals surface area (Å²) in [5.74, 6) is 1.89. The van der Waals surface area contributed by atoms with Gasteiger partial charge in [0.15, 0.2) is 17.4 Å². The van der Waals surface area contributed by atoms with E-state index in [9.17, 15) is 0 Å². The third-order valence-corrected chi connectivity index (χ3v) is 3.57. The molecule has 0 aromatic carbocycles. The predicted octanol–water partition coefficient (Wildman–Crippen LogP) is 3.56. The Kier molecular flexibility index (Phi) is 5.05. The molecule has 0 amide bonds. The molecule has 0 saturated carbocycles. The molecule has 0 radical (unpaired) electrons. The molecule has 6 heteroatoms. The third-order valence-electron chi connectivity index (χ3n) is 3.57. The van der Waals surface area contributed by atoms with E-state index >= 15 is 0 Å². The summed E-state index contributed by atoms with van der Waals surface area (Å²) in [6.45, 7) is 7.06. The predicted molar refractivity (Wildman–Crippen MR) is 95.0 cm³/mol. The molecular formula is C18H21N5O. The summed E-state index contributed by atoms with van der Waals surface area (Å²) in [6.07, 6.45) is 9.40. The van der Waals surface area contributed by atoms with Crippen LogP contribution >= 0.6 is 0 Å². The van der Waals surface area contributed by atoms with Gasteiger partial charge in [-0.05, 0) is 24.6 Å². The Morgan fingerprint density at radius 2 is 2.25 bits per heavy atom. The number of fused-ring (bicyclic) bond motifs is 1. The fraction of sp³-hybridized carbons (Fsp3) is 0.278. The summed E-state index contributed by atoms with van der Waals surface area (Å²) in [5, 5.41) is 3.30. The maximum Gasteiger partial charge on any atom is 0.180 e. The van der Waals surface area contributed by atoms with Crippen molar-refractivity contribution in [3.63, 3.8) is 0 Å². The molecule has 124 valence electrons. The molecule has 3 aromatic rings. The summed E-state index contributed by atoms with van der Waals surface area (Å²) < 4.78 is 7.85. The van der Waals surface area contributed by atoms with Crippen LogP contribution in [0.5, 0.6) is 5.75 Å². The van der Waals surface area contributed by atoms with Gasteiger partial charge in [0.2, 0.25) is 0 Å².